The van der Waals surface area contributed by atoms with Gasteiger partial charge < -0.3 is 5.73 Å². The van der Waals surface area contributed by atoms with Crippen LogP contribution in [-0.4, -0.2) is 23.9 Å². The molecule has 0 saturated heterocycles. The van der Waals surface area contributed by atoms with Gasteiger partial charge in [0.05, 0.1) is 6.42 Å². The molecule has 0 aliphatic carbocycles. The molecule has 0 bridgehead atoms. The topological polar surface area (TPSA) is 46.3 Å². The first-order valence-electron chi connectivity index (χ1n) is 5.58. The lowest BCUT2D eigenvalue weighted by Crippen LogP contribution is -2.19. The number of hydrogen-bond acceptors (Lipinski definition) is 2. The van der Waals surface area contributed by atoms with Gasteiger partial charge in [-0.3, -0.25) is 9.69 Å². The third kappa shape index (κ3) is 3.41. The third-order valence-corrected chi connectivity index (χ3v) is 3.52. The molecular weight excluding hydrogens is 280 g/mol. The van der Waals surface area contributed by atoms with Gasteiger partial charge in [-0.2, -0.15) is 0 Å². The van der Waals surface area contributed by atoms with Crippen molar-refractivity contribution in [2.45, 2.75) is 13.0 Å². The molecule has 1 aromatic rings. The van der Waals surface area contributed by atoms with Crippen molar-refractivity contribution in [1.82, 2.24) is 4.90 Å². The molecule has 2 N–H and O–H groups in total. The summed E-state index contributed by atoms with van der Waals surface area (Å²) in [6, 6.07) is 6.00. The van der Waals surface area contributed by atoms with Crippen LogP contribution in [0.2, 0.25) is 0 Å². The predicted molar refractivity (Wildman–Crippen MR) is 71.5 cm³/mol. The Hall–Kier alpha value is -1.13. The van der Waals surface area contributed by atoms with Crippen molar-refractivity contribution in [3.63, 3.8) is 0 Å². The van der Waals surface area contributed by atoms with Gasteiger partial charge in [-0.15, -0.1) is 0 Å². The minimum absolute atomic E-state index is 0.296. The number of primary amides is 1. The minimum atomic E-state index is -0.298. The van der Waals surface area contributed by atoms with Crippen LogP contribution in [0.5, 0.6) is 0 Å². The van der Waals surface area contributed by atoms with Gasteiger partial charge in [-0.1, -0.05) is 40.2 Å². The number of nitrogens with zero attached hydrogens (tertiary/aromatic N) is 1. The molecule has 0 radical (unpaired) electrons. The van der Waals surface area contributed by atoms with Gasteiger partial charge in [-0.25, -0.2) is 0 Å². The highest BCUT2D eigenvalue weighted by Crippen LogP contribution is 2.21. The average Bonchev–Trinajstić information content (AvgIpc) is 2.74. The van der Waals surface area contributed by atoms with Crippen LogP contribution in [0.4, 0.5) is 0 Å². The van der Waals surface area contributed by atoms with E-state index in [4.69, 9.17) is 5.73 Å². The van der Waals surface area contributed by atoms with E-state index in [9.17, 15) is 4.79 Å². The number of carbonyl (C=O) groups is 1. The lowest BCUT2D eigenvalue weighted by molar-refractivity contribution is -0.117. The molecule has 1 aromatic carbocycles. The second kappa shape index (κ2) is 5.47. The summed E-state index contributed by atoms with van der Waals surface area (Å²) in [5, 5.41) is 0. The monoisotopic (exact) mass is 294 g/mol. The summed E-state index contributed by atoms with van der Waals surface area (Å²) in [6.45, 7) is 2.94. The van der Waals surface area contributed by atoms with Crippen molar-refractivity contribution in [2.75, 3.05) is 13.1 Å². The van der Waals surface area contributed by atoms with Crippen LogP contribution in [0.25, 0.3) is 0 Å². The molecule has 2 rings (SSSR count). The number of rotatable bonds is 4. The summed E-state index contributed by atoms with van der Waals surface area (Å²) in [4.78, 5) is 13.2. The molecule has 0 saturated carbocycles. The van der Waals surface area contributed by atoms with E-state index in [1.54, 1.807) is 0 Å². The number of carbonyl (C=O) groups excluding carboxylic acids is 1. The maximum Gasteiger partial charge on any atom is 0.221 e. The number of nitrogens with two attached hydrogens (primary N) is 1. The highest BCUT2D eigenvalue weighted by atomic mass is 79.9. The first-order valence-corrected chi connectivity index (χ1v) is 6.37. The lowest BCUT2D eigenvalue weighted by Gasteiger charge is -2.16. The molecule has 0 unspecified atom stereocenters. The molecule has 4 heteroatoms. The van der Waals surface area contributed by atoms with Crippen LogP contribution in [0.15, 0.2) is 34.8 Å². The van der Waals surface area contributed by atoms with Gasteiger partial charge in [0.15, 0.2) is 0 Å². The van der Waals surface area contributed by atoms with Crippen molar-refractivity contribution in [2.24, 2.45) is 5.73 Å². The van der Waals surface area contributed by atoms with Crippen molar-refractivity contribution < 1.29 is 4.79 Å². The Morgan fingerprint density at radius 1 is 1.35 bits per heavy atom. The Labute approximate surface area is 109 Å². The van der Waals surface area contributed by atoms with Crippen LogP contribution in [-0.2, 0) is 17.8 Å². The lowest BCUT2D eigenvalue weighted by atomic mass is 10.1. The fourth-order valence-corrected chi connectivity index (χ4v) is 2.47. The van der Waals surface area contributed by atoms with Gasteiger partial charge in [-0.05, 0) is 17.2 Å². The molecule has 0 spiro atoms. The molecule has 17 heavy (non-hydrogen) atoms. The quantitative estimate of drug-likeness (QED) is 0.862. The molecule has 3 nitrogen and oxygen atoms in total. The van der Waals surface area contributed by atoms with Crippen LogP contribution in [0.1, 0.15) is 11.1 Å². The van der Waals surface area contributed by atoms with Gasteiger partial charge >= 0.3 is 0 Å². The SMILES string of the molecule is NC(=O)Cc1ccc(CN2CC=CC2)c(Br)c1. The zero-order chi connectivity index (χ0) is 12.3. The fraction of sp³-hybridized carbons (Fsp3) is 0.308. The van der Waals surface area contributed by atoms with Gasteiger partial charge in [0.1, 0.15) is 0 Å². The van der Waals surface area contributed by atoms with E-state index in [-0.39, 0.29) is 5.91 Å². The summed E-state index contributed by atoms with van der Waals surface area (Å²) < 4.78 is 1.04. The third-order valence-electron chi connectivity index (χ3n) is 2.78. The van der Waals surface area contributed by atoms with E-state index in [0.717, 1.165) is 29.7 Å². The van der Waals surface area contributed by atoms with E-state index in [1.165, 1.54) is 5.56 Å². The maximum absolute atomic E-state index is 10.8. The largest absolute Gasteiger partial charge is 0.369 e. The molecule has 0 fully saturated rings. The fourth-order valence-electron chi connectivity index (χ4n) is 1.92. The number of hydrogen-bond donors (Lipinski definition) is 1. The van der Waals surface area contributed by atoms with Gasteiger partial charge in [0.2, 0.25) is 5.91 Å². The maximum atomic E-state index is 10.8. The van der Waals surface area contributed by atoms with Crippen LogP contribution in [0, 0.1) is 0 Å². The number of halogens is 1. The summed E-state index contributed by atoms with van der Waals surface area (Å²) >= 11 is 3.55. The van der Waals surface area contributed by atoms with Crippen LogP contribution in [0.3, 0.4) is 0 Å². The van der Waals surface area contributed by atoms with E-state index in [2.05, 4.69) is 39.0 Å². The second-order valence-electron chi connectivity index (χ2n) is 4.23. The highest BCUT2D eigenvalue weighted by Gasteiger charge is 2.10. The Morgan fingerprint density at radius 3 is 2.65 bits per heavy atom. The minimum Gasteiger partial charge on any atom is -0.369 e. The van der Waals surface area contributed by atoms with Crippen LogP contribution < -0.4 is 5.73 Å². The first kappa shape index (κ1) is 12.3. The summed E-state index contributed by atoms with van der Waals surface area (Å²) in [5.74, 6) is -0.298. The molecule has 0 aromatic heterocycles. The van der Waals surface area contributed by atoms with Crippen molar-refractivity contribution >= 4 is 21.8 Å². The molecular formula is C13H15BrN2O. The molecule has 1 heterocycles. The van der Waals surface area contributed by atoms with Crippen LogP contribution >= 0.6 is 15.9 Å². The van der Waals surface area contributed by atoms with E-state index in [1.807, 2.05) is 12.1 Å². The summed E-state index contributed by atoms with van der Waals surface area (Å²) in [6.07, 6.45) is 4.65. The standard InChI is InChI=1S/C13H15BrN2O/c14-12-7-10(8-13(15)17)3-4-11(12)9-16-5-1-2-6-16/h1-4,7H,5-6,8-9H2,(H2,15,17). The zero-order valence-corrected chi connectivity index (χ0v) is 11.1. The highest BCUT2D eigenvalue weighted by molar-refractivity contribution is 9.10. The summed E-state index contributed by atoms with van der Waals surface area (Å²) in [5.41, 5.74) is 7.36. The van der Waals surface area contributed by atoms with E-state index >= 15 is 0 Å². The Kier molecular flexibility index (Phi) is 3.97. The molecule has 1 aliphatic heterocycles. The molecule has 1 aliphatic rings. The normalized spacial score (nSPS) is 15.4. The Bertz CT molecular complexity index is 449. The Balaban J connectivity index is 2.05. The predicted octanol–water partition coefficient (Wildman–Crippen LogP) is 1.85. The van der Waals surface area contributed by atoms with Gasteiger partial charge in [0.25, 0.3) is 0 Å². The smallest absolute Gasteiger partial charge is 0.221 e. The van der Waals surface area contributed by atoms with E-state index in [0.29, 0.717) is 6.42 Å². The summed E-state index contributed by atoms with van der Waals surface area (Å²) in [7, 11) is 0. The second-order valence-corrected chi connectivity index (χ2v) is 5.09. The van der Waals surface area contributed by atoms with Crippen molar-refractivity contribution in [1.29, 1.82) is 0 Å². The molecule has 1 amide bonds. The van der Waals surface area contributed by atoms with E-state index < -0.39 is 0 Å². The number of benzene rings is 1. The Morgan fingerprint density at radius 2 is 2.06 bits per heavy atom. The van der Waals surface area contributed by atoms with Crippen molar-refractivity contribution in [3.05, 3.63) is 46.0 Å². The molecule has 90 valence electrons. The number of amides is 1. The zero-order valence-electron chi connectivity index (χ0n) is 9.53. The van der Waals surface area contributed by atoms with Gasteiger partial charge in [0, 0.05) is 24.1 Å². The first-order chi connectivity index (χ1) is 8.15. The molecule has 0 atom stereocenters. The average molecular weight is 295 g/mol. The van der Waals surface area contributed by atoms with Crippen molar-refractivity contribution in [3.8, 4) is 0 Å².